The lowest BCUT2D eigenvalue weighted by atomic mass is 10.1. The van der Waals surface area contributed by atoms with Crippen molar-refractivity contribution in [3.8, 4) is 34.0 Å². The minimum absolute atomic E-state index is 0.539. The van der Waals surface area contributed by atoms with Gasteiger partial charge in [0.1, 0.15) is 24.6 Å². The van der Waals surface area contributed by atoms with E-state index in [2.05, 4.69) is 0 Å². The summed E-state index contributed by atoms with van der Waals surface area (Å²) in [4.78, 5) is 18.6. The summed E-state index contributed by atoms with van der Waals surface area (Å²) >= 11 is 1.58. The number of rotatable bonds is 3. The quantitative estimate of drug-likeness (QED) is 0.490. The number of aromatic nitrogens is 2. The fourth-order valence-electron chi connectivity index (χ4n) is 3.48. The van der Waals surface area contributed by atoms with Gasteiger partial charge in [-0.3, -0.25) is 9.20 Å². The molecule has 0 N–H and O–H groups in total. The molecule has 0 fully saturated rings. The topological polar surface area (TPSA) is 52.8 Å². The van der Waals surface area contributed by atoms with E-state index in [-0.39, 0.29) is 0 Å². The fourth-order valence-corrected chi connectivity index (χ4v) is 4.48. The van der Waals surface area contributed by atoms with Crippen LogP contribution in [-0.4, -0.2) is 28.9 Å². The number of nitrogens with zero attached hydrogens (tertiary/aromatic N) is 2. The monoisotopic (exact) mass is 376 g/mol. The van der Waals surface area contributed by atoms with Gasteiger partial charge in [-0.05, 0) is 25.1 Å². The second-order valence-corrected chi connectivity index (χ2v) is 7.49. The zero-order valence-electron chi connectivity index (χ0n) is 14.6. The number of hydrogen-bond donors (Lipinski definition) is 0. The maximum Gasteiger partial charge on any atom is 0.195 e. The van der Waals surface area contributed by atoms with Crippen molar-refractivity contribution in [2.24, 2.45) is 0 Å². The summed E-state index contributed by atoms with van der Waals surface area (Å²) in [7, 11) is 0. The van der Waals surface area contributed by atoms with Crippen LogP contribution in [0.5, 0.6) is 11.5 Å². The molecule has 0 saturated carbocycles. The van der Waals surface area contributed by atoms with E-state index < -0.39 is 0 Å². The van der Waals surface area contributed by atoms with Crippen molar-refractivity contribution in [2.75, 3.05) is 13.2 Å². The normalized spacial score (nSPS) is 13.1. The third kappa shape index (κ3) is 2.52. The molecule has 2 aromatic carbocycles. The Kier molecular flexibility index (Phi) is 3.72. The van der Waals surface area contributed by atoms with Crippen molar-refractivity contribution < 1.29 is 14.3 Å². The van der Waals surface area contributed by atoms with Crippen LogP contribution in [-0.2, 0) is 0 Å². The summed E-state index contributed by atoms with van der Waals surface area (Å²) in [6.45, 7) is 3.14. The highest BCUT2D eigenvalue weighted by molar-refractivity contribution is 7.17. The Labute approximate surface area is 159 Å². The maximum absolute atomic E-state index is 12.0. The SMILES string of the molecule is Cc1sc2nc(-c3ccccc3)c(C=O)n2c1-c1ccc2c(c1)OCCO2. The van der Waals surface area contributed by atoms with Gasteiger partial charge in [0.15, 0.2) is 22.7 Å². The molecule has 5 rings (SSSR count). The number of hydrogen-bond acceptors (Lipinski definition) is 5. The van der Waals surface area contributed by atoms with Crippen LogP contribution in [0.1, 0.15) is 15.4 Å². The smallest absolute Gasteiger partial charge is 0.195 e. The number of aldehydes is 1. The first kappa shape index (κ1) is 16.1. The van der Waals surface area contributed by atoms with E-state index >= 15 is 0 Å². The van der Waals surface area contributed by atoms with E-state index in [0.717, 1.165) is 44.4 Å². The van der Waals surface area contributed by atoms with Gasteiger partial charge < -0.3 is 9.47 Å². The van der Waals surface area contributed by atoms with Crippen molar-refractivity contribution in [3.05, 3.63) is 59.1 Å². The lowest BCUT2D eigenvalue weighted by molar-refractivity contribution is 0.111. The summed E-state index contributed by atoms with van der Waals surface area (Å²) in [5.74, 6) is 1.48. The minimum Gasteiger partial charge on any atom is -0.486 e. The second kappa shape index (κ2) is 6.25. The van der Waals surface area contributed by atoms with Crippen LogP contribution in [0.2, 0.25) is 0 Å². The predicted molar refractivity (Wildman–Crippen MR) is 105 cm³/mol. The molecule has 5 nitrogen and oxygen atoms in total. The summed E-state index contributed by atoms with van der Waals surface area (Å²) in [6.07, 6.45) is 0.885. The first-order valence-electron chi connectivity index (χ1n) is 8.68. The number of benzene rings is 2. The van der Waals surface area contributed by atoms with E-state index in [1.807, 2.05) is 59.9 Å². The molecule has 3 heterocycles. The zero-order chi connectivity index (χ0) is 18.4. The molecule has 4 aromatic rings. The van der Waals surface area contributed by atoms with Crippen molar-refractivity contribution >= 4 is 22.6 Å². The maximum atomic E-state index is 12.0. The Balaban J connectivity index is 1.74. The van der Waals surface area contributed by atoms with Crippen molar-refractivity contribution in [3.63, 3.8) is 0 Å². The minimum atomic E-state index is 0.539. The molecule has 0 bridgehead atoms. The molecule has 0 unspecified atom stereocenters. The van der Waals surface area contributed by atoms with E-state index in [0.29, 0.717) is 24.6 Å². The Morgan fingerprint density at radius 1 is 1.04 bits per heavy atom. The molecule has 2 aromatic heterocycles. The molecule has 0 radical (unpaired) electrons. The van der Waals surface area contributed by atoms with Gasteiger partial charge in [0.2, 0.25) is 0 Å². The van der Waals surface area contributed by atoms with Crippen molar-refractivity contribution in [1.82, 2.24) is 9.38 Å². The number of carbonyl (C=O) groups is 1. The highest BCUT2D eigenvalue weighted by atomic mass is 32.1. The zero-order valence-corrected chi connectivity index (χ0v) is 15.5. The van der Waals surface area contributed by atoms with Crippen LogP contribution in [0, 0.1) is 6.92 Å². The molecule has 6 heteroatoms. The number of imidazole rings is 1. The lowest BCUT2D eigenvalue weighted by Crippen LogP contribution is -2.15. The summed E-state index contributed by atoms with van der Waals surface area (Å²) < 4.78 is 13.3. The van der Waals surface area contributed by atoms with E-state index in [1.165, 1.54) is 0 Å². The van der Waals surface area contributed by atoms with Gasteiger partial charge in [0.25, 0.3) is 0 Å². The largest absolute Gasteiger partial charge is 0.486 e. The Morgan fingerprint density at radius 2 is 1.81 bits per heavy atom. The first-order valence-corrected chi connectivity index (χ1v) is 9.50. The van der Waals surface area contributed by atoms with Crippen LogP contribution in [0.15, 0.2) is 48.5 Å². The van der Waals surface area contributed by atoms with Crippen LogP contribution in [0.3, 0.4) is 0 Å². The van der Waals surface area contributed by atoms with Gasteiger partial charge in [-0.25, -0.2) is 4.98 Å². The Hall–Kier alpha value is -3.12. The average Bonchev–Trinajstić information content (AvgIpc) is 3.22. The van der Waals surface area contributed by atoms with Gasteiger partial charge in [0, 0.05) is 16.0 Å². The van der Waals surface area contributed by atoms with E-state index in [9.17, 15) is 4.79 Å². The van der Waals surface area contributed by atoms with E-state index in [4.69, 9.17) is 14.5 Å². The first-order chi connectivity index (χ1) is 13.3. The molecular weight excluding hydrogens is 360 g/mol. The highest BCUT2D eigenvalue weighted by Crippen LogP contribution is 2.39. The van der Waals surface area contributed by atoms with Gasteiger partial charge >= 0.3 is 0 Å². The van der Waals surface area contributed by atoms with Crippen LogP contribution in [0.25, 0.3) is 27.5 Å². The average molecular weight is 376 g/mol. The molecule has 0 spiro atoms. The third-order valence-corrected chi connectivity index (χ3v) is 5.61. The Morgan fingerprint density at radius 3 is 2.59 bits per heavy atom. The summed E-state index contributed by atoms with van der Waals surface area (Å²) in [5, 5.41) is 0. The molecule has 0 amide bonds. The molecular formula is C21H16N2O3S. The number of carbonyl (C=O) groups excluding carboxylic acids is 1. The summed E-state index contributed by atoms with van der Waals surface area (Å²) in [6, 6.07) is 15.7. The van der Waals surface area contributed by atoms with E-state index in [1.54, 1.807) is 11.3 Å². The predicted octanol–water partition coefficient (Wildman–Crippen LogP) is 4.62. The number of fused-ring (bicyclic) bond motifs is 2. The molecule has 1 aliphatic heterocycles. The molecule has 0 atom stereocenters. The van der Waals surface area contributed by atoms with Gasteiger partial charge in [-0.1, -0.05) is 30.3 Å². The molecule has 27 heavy (non-hydrogen) atoms. The van der Waals surface area contributed by atoms with Crippen molar-refractivity contribution in [2.45, 2.75) is 6.92 Å². The van der Waals surface area contributed by atoms with Gasteiger partial charge in [-0.2, -0.15) is 0 Å². The molecule has 1 aliphatic rings. The van der Waals surface area contributed by atoms with Crippen LogP contribution in [0.4, 0.5) is 0 Å². The fraction of sp³-hybridized carbons (Fsp3) is 0.143. The van der Waals surface area contributed by atoms with Crippen LogP contribution >= 0.6 is 11.3 Å². The van der Waals surface area contributed by atoms with Crippen LogP contribution < -0.4 is 9.47 Å². The molecule has 134 valence electrons. The molecule has 0 aliphatic carbocycles. The second-order valence-electron chi connectivity index (χ2n) is 6.31. The van der Waals surface area contributed by atoms with Gasteiger partial charge in [0.05, 0.1) is 5.69 Å². The highest BCUT2D eigenvalue weighted by Gasteiger charge is 2.22. The Bertz CT molecular complexity index is 1160. The molecule has 0 saturated heterocycles. The number of ether oxygens (including phenoxy) is 2. The number of thiazole rings is 1. The summed E-state index contributed by atoms with van der Waals surface area (Å²) in [5.41, 5.74) is 4.13. The van der Waals surface area contributed by atoms with Gasteiger partial charge in [-0.15, -0.1) is 11.3 Å². The standard InChI is InChI=1S/C21H16N2O3S/c1-13-20(15-7-8-17-18(11-15)26-10-9-25-17)23-16(12-24)19(22-21(23)27-13)14-5-3-2-4-6-14/h2-8,11-12H,9-10H2,1H3. The number of aryl methyl sites for hydroxylation is 1. The third-order valence-electron chi connectivity index (χ3n) is 4.66. The van der Waals surface area contributed by atoms with Crippen molar-refractivity contribution in [1.29, 1.82) is 0 Å². The lowest BCUT2D eigenvalue weighted by Gasteiger charge is -2.19.